The van der Waals surface area contributed by atoms with Gasteiger partial charge in [0.1, 0.15) is 5.75 Å². The molecule has 0 bridgehead atoms. The smallest absolute Gasteiger partial charge is 0.307 e. The fourth-order valence-corrected chi connectivity index (χ4v) is 1.46. The summed E-state index contributed by atoms with van der Waals surface area (Å²) in [5.74, 6) is -0.101. The lowest BCUT2D eigenvalue weighted by molar-refractivity contribution is -0.143. The molecule has 0 amide bonds. The van der Waals surface area contributed by atoms with Gasteiger partial charge in [0.2, 0.25) is 0 Å². The van der Waals surface area contributed by atoms with E-state index in [4.69, 9.17) is 14.7 Å². The fraction of sp³-hybridized carbons (Fsp3) is 0.385. The average Bonchev–Trinajstić information content (AvgIpc) is 2.36. The number of esters is 1. The maximum atomic E-state index is 11.3. The molecule has 0 aliphatic carbocycles. The average molecular weight is 233 g/mol. The fourth-order valence-electron chi connectivity index (χ4n) is 1.46. The van der Waals surface area contributed by atoms with Gasteiger partial charge in [0.15, 0.2) is 0 Å². The van der Waals surface area contributed by atoms with Crippen LogP contribution >= 0.6 is 0 Å². The zero-order valence-electron chi connectivity index (χ0n) is 9.97. The van der Waals surface area contributed by atoms with E-state index < -0.39 is 5.92 Å². The van der Waals surface area contributed by atoms with Gasteiger partial charge in [0.05, 0.1) is 32.1 Å². The number of rotatable bonds is 5. The van der Waals surface area contributed by atoms with Gasteiger partial charge in [0, 0.05) is 0 Å². The van der Waals surface area contributed by atoms with E-state index in [-0.39, 0.29) is 12.4 Å². The van der Waals surface area contributed by atoms with Crippen molar-refractivity contribution in [3.63, 3.8) is 0 Å². The maximum absolute atomic E-state index is 11.3. The minimum absolute atomic E-state index is 0.0800. The summed E-state index contributed by atoms with van der Waals surface area (Å²) in [6.07, 6.45) is 0.0800. The number of ether oxygens (including phenoxy) is 2. The van der Waals surface area contributed by atoms with E-state index >= 15 is 0 Å². The molecule has 1 aromatic rings. The van der Waals surface area contributed by atoms with Crippen LogP contribution in [0.4, 0.5) is 0 Å². The lowest BCUT2D eigenvalue weighted by atomic mass is 9.97. The second kappa shape index (κ2) is 6.54. The summed E-state index contributed by atoms with van der Waals surface area (Å²) in [7, 11) is 1.58. The lowest BCUT2D eigenvalue weighted by Crippen LogP contribution is -2.09. The van der Waals surface area contributed by atoms with E-state index in [1.54, 1.807) is 38.3 Å². The first kappa shape index (κ1) is 13.0. The van der Waals surface area contributed by atoms with Crippen LogP contribution in [-0.2, 0) is 9.53 Å². The Labute approximate surface area is 101 Å². The molecule has 0 heterocycles. The van der Waals surface area contributed by atoms with Crippen LogP contribution in [0.25, 0.3) is 0 Å². The normalized spacial score (nSPS) is 11.4. The molecule has 17 heavy (non-hydrogen) atoms. The highest BCUT2D eigenvalue weighted by molar-refractivity contribution is 5.71. The molecule has 1 rings (SSSR count). The number of hydrogen-bond acceptors (Lipinski definition) is 4. The second-order valence-electron chi connectivity index (χ2n) is 3.46. The van der Waals surface area contributed by atoms with Gasteiger partial charge < -0.3 is 9.47 Å². The zero-order chi connectivity index (χ0) is 12.7. The van der Waals surface area contributed by atoms with E-state index in [0.717, 1.165) is 11.3 Å². The molecular weight excluding hydrogens is 218 g/mol. The molecule has 0 spiro atoms. The molecule has 0 N–H and O–H groups in total. The first-order valence-corrected chi connectivity index (χ1v) is 5.40. The predicted octanol–water partition coefficient (Wildman–Crippen LogP) is 2.26. The van der Waals surface area contributed by atoms with Crippen molar-refractivity contribution in [3.05, 3.63) is 29.8 Å². The van der Waals surface area contributed by atoms with Crippen LogP contribution in [0.2, 0.25) is 0 Å². The largest absolute Gasteiger partial charge is 0.497 e. The topological polar surface area (TPSA) is 59.3 Å². The Hall–Kier alpha value is -2.02. The van der Waals surface area contributed by atoms with Crippen LogP contribution < -0.4 is 4.74 Å². The number of hydrogen-bond donors (Lipinski definition) is 0. The Morgan fingerprint density at radius 2 is 2.06 bits per heavy atom. The molecule has 0 aliphatic rings. The number of carbonyl (C=O) groups is 1. The van der Waals surface area contributed by atoms with E-state index in [2.05, 4.69) is 6.07 Å². The standard InChI is InChI=1S/C13H15NO3/c1-3-17-13(15)8-11(9-14)10-4-6-12(16-2)7-5-10/h4-7,11H,3,8H2,1-2H3. The van der Waals surface area contributed by atoms with E-state index in [0.29, 0.717) is 6.61 Å². The first-order chi connectivity index (χ1) is 8.21. The lowest BCUT2D eigenvalue weighted by Gasteiger charge is -2.09. The molecule has 1 aromatic carbocycles. The van der Waals surface area contributed by atoms with Crippen molar-refractivity contribution in [2.75, 3.05) is 13.7 Å². The monoisotopic (exact) mass is 233 g/mol. The van der Waals surface area contributed by atoms with Gasteiger partial charge in [-0.25, -0.2) is 0 Å². The third-order valence-electron chi connectivity index (χ3n) is 2.35. The van der Waals surface area contributed by atoms with Gasteiger partial charge in [-0.1, -0.05) is 12.1 Å². The SMILES string of the molecule is CCOC(=O)CC(C#N)c1ccc(OC)cc1. The Morgan fingerprint density at radius 3 is 2.53 bits per heavy atom. The van der Waals surface area contributed by atoms with Crippen LogP contribution in [0.15, 0.2) is 24.3 Å². The van der Waals surface area contributed by atoms with Crippen LogP contribution in [0.3, 0.4) is 0 Å². The number of nitriles is 1. The highest BCUT2D eigenvalue weighted by Crippen LogP contribution is 2.22. The number of carbonyl (C=O) groups excluding carboxylic acids is 1. The zero-order valence-corrected chi connectivity index (χ0v) is 9.97. The molecule has 4 heteroatoms. The minimum Gasteiger partial charge on any atom is -0.497 e. The van der Waals surface area contributed by atoms with Gasteiger partial charge in [-0.3, -0.25) is 4.79 Å². The Balaban J connectivity index is 2.73. The van der Waals surface area contributed by atoms with Crippen LogP contribution in [0, 0.1) is 11.3 Å². The minimum atomic E-state index is -0.472. The Morgan fingerprint density at radius 1 is 1.41 bits per heavy atom. The first-order valence-electron chi connectivity index (χ1n) is 5.40. The van der Waals surface area contributed by atoms with Crippen molar-refractivity contribution in [1.82, 2.24) is 0 Å². The van der Waals surface area contributed by atoms with Crippen LogP contribution in [0.5, 0.6) is 5.75 Å². The molecule has 0 radical (unpaired) electrons. The van der Waals surface area contributed by atoms with Crippen molar-refractivity contribution >= 4 is 5.97 Å². The van der Waals surface area contributed by atoms with Crippen molar-refractivity contribution < 1.29 is 14.3 Å². The summed E-state index contributed by atoms with van der Waals surface area (Å²) in [4.78, 5) is 11.3. The highest BCUT2D eigenvalue weighted by Gasteiger charge is 2.16. The summed E-state index contributed by atoms with van der Waals surface area (Å²) in [6.45, 7) is 2.08. The molecule has 1 unspecified atom stereocenters. The van der Waals surface area contributed by atoms with Gasteiger partial charge in [-0.15, -0.1) is 0 Å². The summed E-state index contributed by atoms with van der Waals surface area (Å²) < 4.78 is 9.85. The summed E-state index contributed by atoms with van der Waals surface area (Å²) in [5.41, 5.74) is 0.793. The third-order valence-corrected chi connectivity index (χ3v) is 2.35. The number of benzene rings is 1. The molecule has 90 valence electrons. The van der Waals surface area contributed by atoms with Gasteiger partial charge in [0.25, 0.3) is 0 Å². The maximum Gasteiger partial charge on any atom is 0.307 e. The summed E-state index contributed by atoms with van der Waals surface area (Å²) >= 11 is 0. The van der Waals surface area contributed by atoms with Crippen molar-refractivity contribution in [2.45, 2.75) is 19.3 Å². The van der Waals surface area contributed by atoms with Crippen LogP contribution in [-0.4, -0.2) is 19.7 Å². The van der Waals surface area contributed by atoms with E-state index in [1.807, 2.05) is 0 Å². The molecule has 0 fully saturated rings. The molecule has 0 aliphatic heterocycles. The quantitative estimate of drug-likeness (QED) is 0.732. The summed E-state index contributed by atoms with van der Waals surface area (Å²) in [5, 5.41) is 9.03. The van der Waals surface area contributed by atoms with Gasteiger partial charge in [-0.2, -0.15) is 5.26 Å². The molecule has 0 aromatic heterocycles. The molecule has 0 saturated heterocycles. The number of nitrogens with zero attached hydrogens (tertiary/aromatic N) is 1. The summed E-state index contributed by atoms with van der Waals surface area (Å²) in [6, 6.07) is 9.21. The van der Waals surface area contributed by atoms with Crippen LogP contribution in [0.1, 0.15) is 24.8 Å². The molecule has 0 saturated carbocycles. The van der Waals surface area contributed by atoms with Gasteiger partial charge in [-0.05, 0) is 24.6 Å². The Bertz CT molecular complexity index is 406. The van der Waals surface area contributed by atoms with Crippen molar-refractivity contribution in [2.24, 2.45) is 0 Å². The van der Waals surface area contributed by atoms with Gasteiger partial charge >= 0.3 is 5.97 Å². The molecule has 4 nitrogen and oxygen atoms in total. The molecular formula is C13H15NO3. The van der Waals surface area contributed by atoms with Crippen molar-refractivity contribution in [1.29, 1.82) is 5.26 Å². The van der Waals surface area contributed by atoms with E-state index in [1.165, 1.54) is 0 Å². The highest BCUT2D eigenvalue weighted by atomic mass is 16.5. The van der Waals surface area contributed by atoms with Crippen molar-refractivity contribution in [3.8, 4) is 11.8 Å². The molecule has 1 atom stereocenters. The van der Waals surface area contributed by atoms with E-state index in [9.17, 15) is 4.79 Å². The third kappa shape index (κ3) is 3.80. The predicted molar refractivity (Wildman–Crippen MR) is 62.6 cm³/mol. The Kier molecular flexibility index (Phi) is 5.02. The second-order valence-corrected chi connectivity index (χ2v) is 3.46. The number of methoxy groups -OCH3 is 1.